The summed E-state index contributed by atoms with van der Waals surface area (Å²) in [6.45, 7) is 5.22. The van der Waals surface area contributed by atoms with Gasteiger partial charge in [-0.25, -0.2) is 0 Å². The van der Waals surface area contributed by atoms with Crippen LogP contribution in [0.2, 0.25) is 0 Å². The van der Waals surface area contributed by atoms with Gasteiger partial charge in [-0.2, -0.15) is 11.8 Å². The van der Waals surface area contributed by atoms with Crippen LogP contribution in [0.3, 0.4) is 0 Å². The largest absolute Gasteiger partial charge is 0.462 e. The van der Waals surface area contributed by atoms with E-state index in [0.29, 0.717) is 11.5 Å². The highest BCUT2D eigenvalue weighted by Gasteiger charge is 2.18. The summed E-state index contributed by atoms with van der Waals surface area (Å²) in [5.74, 6) is -0.00506. The van der Waals surface area contributed by atoms with E-state index in [2.05, 4.69) is 17.5 Å². The third-order valence-electron chi connectivity index (χ3n) is 2.54. The maximum Gasteiger partial charge on any atom is 0.305 e. The summed E-state index contributed by atoms with van der Waals surface area (Å²) >= 11 is 5.17. The van der Waals surface area contributed by atoms with Crippen molar-refractivity contribution in [1.29, 1.82) is 0 Å². The molecule has 1 N–H and O–H groups in total. The van der Waals surface area contributed by atoms with E-state index in [1.807, 2.05) is 0 Å². The first-order chi connectivity index (χ1) is 9.94. The third kappa shape index (κ3) is 9.62. The number of carbonyl (C=O) groups excluding carboxylic acids is 3. The van der Waals surface area contributed by atoms with Crippen LogP contribution in [0.4, 0.5) is 0 Å². The van der Waals surface area contributed by atoms with Crippen LogP contribution in [0.1, 0.15) is 33.6 Å². The molecule has 8 heteroatoms. The van der Waals surface area contributed by atoms with Crippen molar-refractivity contribution in [3.05, 3.63) is 0 Å². The number of ether oxygens (including phenoxy) is 2. The van der Waals surface area contributed by atoms with Gasteiger partial charge >= 0.3 is 11.9 Å². The van der Waals surface area contributed by atoms with E-state index in [9.17, 15) is 14.4 Å². The summed E-state index contributed by atoms with van der Waals surface area (Å²) in [5, 5.41) is 0. The van der Waals surface area contributed by atoms with Gasteiger partial charge in [0.1, 0.15) is 12.7 Å². The Morgan fingerprint density at radius 1 is 1.14 bits per heavy atom. The van der Waals surface area contributed by atoms with Crippen molar-refractivity contribution in [1.82, 2.24) is 4.72 Å². The Labute approximate surface area is 135 Å². The number of hydrogen-bond acceptors (Lipinski definition) is 7. The average Bonchev–Trinajstić information content (AvgIpc) is 2.50. The Balaban J connectivity index is 4.23. The van der Waals surface area contributed by atoms with Crippen molar-refractivity contribution in [2.75, 3.05) is 18.1 Å². The van der Waals surface area contributed by atoms with Crippen molar-refractivity contribution in [3.63, 3.8) is 0 Å². The average molecular weight is 337 g/mol. The summed E-state index contributed by atoms with van der Waals surface area (Å²) < 4.78 is 12.5. The van der Waals surface area contributed by atoms with Crippen molar-refractivity contribution < 1.29 is 23.9 Å². The van der Waals surface area contributed by atoms with Crippen molar-refractivity contribution in [2.45, 2.75) is 39.7 Å². The highest BCUT2D eigenvalue weighted by atomic mass is 32.2. The smallest absolute Gasteiger partial charge is 0.305 e. The van der Waals surface area contributed by atoms with Gasteiger partial charge in [-0.05, 0) is 0 Å². The second kappa shape index (κ2) is 11.7. The molecule has 0 unspecified atom stereocenters. The van der Waals surface area contributed by atoms with E-state index in [1.54, 1.807) is 20.8 Å². The molecule has 0 radical (unpaired) electrons. The summed E-state index contributed by atoms with van der Waals surface area (Å²) in [6, 6.07) is 0. The van der Waals surface area contributed by atoms with Crippen LogP contribution in [0.15, 0.2) is 0 Å². The number of esters is 2. The minimum absolute atomic E-state index is 0.0402. The van der Waals surface area contributed by atoms with Gasteiger partial charge in [0, 0.05) is 30.3 Å². The Hall–Kier alpha value is -0.890. The lowest BCUT2D eigenvalue weighted by molar-refractivity contribution is -0.157. The Morgan fingerprint density at radius 3 is 2.29 bits per heavy atom. The zero-order valence-corrected chi connectivity index (χ0v) is 14.3. The van der Waals surface area contributed by atoms with Crippen molar-refractivity contribution >= 4 is 42.4 Å². The second-order valence-corrected chi connectivity index (χ2v) is 5.72. The van der Waals surface area contributed by atoms with Crippen molar-refractivity contribution in [2.24, 2.45) is 5.92 Å². The molecular formula is C13H23NO5S2. The zero-order chi connectivity index (χ0) is 16.3. The lowest BCUT2D eigenvalue weighted by atomic mass is 10.2. The predicted octanol–water partition coefficient (Wildman–Crippen LogP) is 1.59. The molecular weight excluding hydrogens is 314 g/mol. The van der Waals surface area contributed by atoms with Gasteiger partial charge in [0.2, 0.25) is 5.91 Å². The van der Waals surface area contributed by atoms with E-state index in [4.69, 9.17) is 9.47 Å². The molecule has 0 aromatic heterocycles. The molecule has 0 aromatic carbocycles. The SMILES string of the molecule is CCC(=O)OC[C@@H](CSC[C@H](C)C(=O)NS)OC(=O)CC. The quantitative estimate of drug-likeness (QED) is 0.465. The number of rotatable bonds is 10. The molecule has 0 aliphatic carbocycles. The van der Waals surface area contributed by atoms with Gasteiger partial charge in [-0.3, -0.25) is 14.4 Å². The molecule has 2 atom stereocenters. The van der Waals surface area contributed by atoms with Gasteiger partial charge in [0.05, 0.1) is 0 Å². The summed E-state index contributed by atoms with van der Waals surface area (Å²) in [7, 11) is 0. The number of amides is 1. The van der Waals surface area contributed by atoms with E-state index in [1.165, 1.54) is 11.8 Å². The third-order valence-corrected chi connectivity index (χ3v) is 4.10. The van der Waals surface area contributed by atoms with E-state index in [-0.39, 0.29) is 43.2 Å². The van der Waals surface area contributed by atoms with Gasteiger partial charge in [0.15, 0.2) is 0 Å². The van der Waals surface area contributed by atoms with Crippen LogP contribution in [0.25, 0.3) is 0 Å². The highest BCUT2D eigenvalue weighted by Crippen LogP contribution is 2.13. The molecule has 0 aliphatic heterocycles. The summed E-state index contributed by atoms with van der Waals surface area (Å²) in [6.07, 6.45) is 0.0476. The number of thioether (sulfide) groups is 1. The summed E-state index contributed by atoms with van der Waals surface area (Å²) in [5.41, 5.74) is 0. The first kappa shape index (κ1) is 20.1. The molecule has 0 spiro atoms. The van der Waals surface area contributed by atoms with Gasteiger partial charge in [-0.1, -0.05) is 33.6 Å². The standard InChI is InChI=1S/C13H23NO5S2/c1-4-11(15)18-6-10(19-12(16)5-2)8-21-7-9(3)13(17)14-20/h9-10,20H,4-8H2,1-3H3,(H,14,17)/t9-,10-/m0/s1. The molecule has 0 fully saturated rings. The fraction of sp³-hybridized carbons (Fsp3) is 0.769. The molecule has 122 valence electrons. The minimum atomic E-state index is -0.496. The first-order valence-electron chi connectivity index (χ1n) is 6.81. The maximum absolute atomic E-state index is 11.3. The normalized spacial score (nSPS) is 13.1. The molecule has 21 heavy (non-hydrogen) atoms. The fourth-order valence-electron chi connectivity index (χ4n) is 1.24. The lowest BCUT2D eigenvalue weighted by Gasteiger charge is -2.18. The van der Waals surface area contributed by atoms with Crippen molar-refractivity contribution in [3.8, 4) is 0 Å². The highest BCUT2D eigenvalue weighted by molar-refractivity contribution is 7.99. The molecule has 6 nitrogen and oxygen atoms in total. The Bertz CT molecular complexity index is 351. The molecule has 0 aliphatic rings. The number of thiol groups is 1. The van der Waals surface area contributed by atoms with Crippen LogP contribution in [0, 0.1) is 5.92 Å². The van der Waals surface area contributed by atoms with Crippen LogP contribution < -0.4 is 4.72 Å². The molecule has 0 rings (SSSR count). The monoisotopic (exact) mass is 337 g/mol. The molecule has 0 saturated carbocycles. The van der Waals surface area contributed by atoms with Crippen LogP contribution in [-0.2, 0) is 23.9 Å². The van der Waals surface area contributed by atoms with Crippen LogP contribution in [-0.4, -0.2) is 42.1 Å². The first-order valence-corrected chi connectivity index (χ1v) is 8.41. The Morgan fingerprint density at radius 2 is 1.76 bits per heavy atom. The molecule has 0 heterocycles. The number of carbonyl (C=O) groups is 3. The van der Waals surface area contributed by atoms with Crippen LogP contribution in [0.5, 0.6) is 0 Å². The van der Waals surface area contributed by atoms with Crippen LogP contribution >= 0.6 is 24.6 Å². The number of hydrogen-bond donors (Lipinski definition) is 2. The predicted molar refractivity (Wildman–Crippen MR) is 85.0 cm³/mol. The van der Waals surface area contributed by atoms with E-state index >= 15 is 0 Å². The molecule has 0 saturated heterocycles. The van der Waals surface area contributed by atoms with E-state index in [0.717, 1.165) is 0 Å². The molecule has 1 amide bonds. The maximum atomic E-state index is 11.3. The van der Waals surface area contributed by atoms with Gasteiger partial charge < -0.3 is 14.2 Å². The topological polar surface area (TPSA) is 81.7 Å². The molecule has 0 aromatic rings. The number of nitrogens with one attached hydrogen (secondary N) is 1. The summed E-state index contributed by atoms with van der Waals surface area (Å²) in [4.78, 5) is 33.8. The van der Waals surface area contributed by atoms with Gasteiger partial charge in [0.25, 0.3) is 0 Å². The molecule has 0 bridgehead atoms. The second-order valence-electron chi connectivity index (χ2n) is 4.42. The van der Waals surface area contributed by atoms with Gasteiger partial charge in [-0.15, -0.1) is 0 Å². The zero-order valence-electron chi connectivity index (χ0n) is 12.6. The minimum Gasteiger partial charge on any atom is -0.462 e. The fourth-order valence-corrected chi connectivity index (χ4v) is 2.52. The lowest BCUT2D eigenvalue weighted by Crippen LogP contribution is -2.28. The van der Waals surface area contributed by atoms with E-state index < -0.39 is 6.10 Å². The Kier molecular flexibility index (Phi) is 11.2.